The molecule has 4 nitrogen and oxygen atoms in total. The molecule has 0 radical (unpaired) electrons. The fourth-order valence-electron chi connectivity index (χ4n) is 1.39. The maximum atomic E-state index is 10.5. The number of carboxylic acid groups (broad SMARTS) is 1. The maximum absolute atomic E-state index is 10.5. The van der Waals surface area contributed by atoms with E-state index in [1.165, 1.54) is 4.90 Å². The van der Waals surface area contributed by atoms with Gasteiger partial charge >= 0.3 is 6.09 Å². The van der Waals surface area contributed by atoms with E-state index in [9.17, 15) is 4.79 Å². The minimum absolute atomic E-state index is 0.00264. The fraction of sp³-hybridized carbons (Fsp3) is 0.714. The highest BCUT2D eigenvalue weighted by atomic mass is 16.4. The summed E-state index contributed by atoms with van der Waals surface area (Å²) in [5.41, 5.74) is 0. The molecule has 11 heavy (non-hydrogen) atoms. The van der Waals surface area contributed by atoms with Crippen molar-refractivity contribution in [1.82, 2.24) is 4.90 Å². The van der Waals surface area contributed by atoms with Gasteiger partial charge in [0.2, 0.25) is 0 Å². The van der Waals surface area contributed by atoms with Crippen molar-refractivity contribution in [2.24, 2.45) is 5.92 Å². The second kappa shape index (κ2) is 2.79. The quantitative estimate of drug-likeness (QED) is 0.563. The van der Waals surface area contributed by atoms with E-state index >= 15 is 0 Å². The molecule has 2 atom stereocenters. The normalized spacial score (nSPS) is 30.0. The van der Waals surface area contributed by atoms with E-state index in [1.54, 1.807) is 0 Å². The number of likely N-dealkylation sites (tertiary alicyclic amines) is 1. The molecule has 0 aromatic rings. The van der Waals surface area contributed by atoms with Crippen molar-refractivity contribution in [3.63, 3.8) is 0 Å². The van der Waals surface area contributed by atoms with Gasteiger partial charge in [0.1, 0.15) is 0 Å². The predicted octanol–water partition coefficient (Wildman–Crippen LogP) is 0.898. The van der Waals surface area contributed by atoms with Gasteiger partial charge in [-0.05, 0) is 13.3 Å². The molecule has 0 saturated carbocycles. The molecular weight excluding hydrogens is 144 g/mol. The van der Waals surface area contributed by atoms with E-state index < -0.39 is 6.09 Å². The number of hydrogen-bond acceptors (Lipinski definition) is 2. The summed E-state index contributed by atoms with van der Waals surface area (Å²) >= 11 is 0. The van der Waals surface area contributed by atoms with Crippen molar-refractivity contribution in [3.8, 4) is 6.07 Å². The third-order valence-corrected chi connectivity index (χ3v) is 2.00. The van der Waals surface area contributed by atoms with E-state index in [-0.39, 0.29) is 12.0 Å². The Balaban J connectivity index is 2.60. The average molecular weight is 154 g/mol. The van der Waals surface area contributed by atoms with Crippen molar-refractivity contribution >= 4 is 6.09 Å². The largest absolute Gasteiger partial charge is 0.465 e. The van der Waals surface area contributed by atoms with Crippen LogP contribution in [0.4, 0.5) is 4.79 Å². The first-order valence-electron chi connectivity index (χ1n) is 3.54. The molecule has 0 aromatic carbocycles. The summed E-state index contributed by atoms with van der Waals surface area (Å²) in [5.74, 6) is -0.110. The van der Waals surface area contributed by atoms with Crippen LogP contribution in [0.2, 0.25) is 0 Å². The van der Waals surface area contributed by atoms with Crippen molar-refractivity contribution in [3.05, 3.63) is 0 Å². The smallest absolute Gasteiger partial charge is 0.407 e. The number of rotatable bonds is 0. The highest BCUT2D eigenvalue weighted by Gasteiger charge is 2.31. The van der Waals surface area contributed by atoms with Gasteiger partial charge in [-0.1, -0.05) is 0 Å². The molecule has 1 unspecified atom stereocenters. The van der Waals surface area contributed by atoms with Crippen LogP contribution in [0, 0.1) is 17.2 Å². The molecule has 1 rings (SSSR count). The molecule has 60 valence electrons. The second-order valence-corrected chi connectivity index (χ2v) is 2.85. The van der Waals surface area contributed by atoms with Gasteiger partial charge < -0.3 is 10.0 Å². The first-order chi connectivity index (χ1) is 5.15. The van der Waals surface area contributed by atoms with Crippen LogP contribution in [-0.4, -0.2) is 28.7 Å². The van der Waals surface area contributed by atoms with Gasteiger partial charge in [0.05, 0.1) is 12.0 Å². The second-order valence-electron chi connectivity index (χ2n) is 2.85. The highest BCUT2D eigenvalue weighted by Crippen LogP contribution is 2.21. The van der Waals surface area contributed by atoms with E-state index in [4.69, 9.17) is 10.4 Å². The molecule has 1 saturated heterocycles. The molecule has 1 fully saturated rings. The van der Waals surface area contributed by atoms with E-state index in [0.717, 1.165) is 0 Å². The Hall–Kier alpha value is -1.24. The van der Waals surface area contributed by atoms with Gasteiger partial charge in [0.15, 0.2) is 0 Å². The first kappa shape index (κ1) is 7.86. The van der Waals surface area contributed by atoms with Gasteiger partial charge in [0.25, 0.3) is 0 Å². The van der Waals surface area contributed by atoms with Crippen molar-refractivity contribution < 1.29 is 9.90 Å². The molecule has 1 heterocycles. The average Bonchev–Trinajstić information content (AvgIpc) is 2.30. The van der Waals surface area contributed by atoms with Gasteiger partial charge in [-0.3, -0.25) is 0 Å². The van der Waals surface area contributed by atoms with Crippen LogP contribution in [0.15, 0.2) is 0 Å². The minimum atomic E-state index is -0.921. The van der Waals surface area contributed by atoms with Crippen LogP contribution >= 0.6 is 0 Å². The standard InChI is InChI=1S/C7H10N2O2/c1-5-2-6(3-8)4-9(5)7(10)11/h5-6H,2,4H2,1H3,(H,10,11)/t5-,6?/m1/s1. The van der Waals surface area contributed by atoms with Crippen LogP contribution < -0.4 is 0 Å². The van der Waals surface area contributed by atoms with Crippen molar-refractivity contribution in [1.29, 1.82) is 5.26 Å². The lowest BCUT2D eigenvalue weighted by atomic mass is 10.1. The molecule has 1 aliphatic heterocycles. The predicted molar refractivity (Wildman–Crippen MR) is 37.9 cm³/mol. The highest BCUT2D eigenvalue weighted by molar-refractivity contribution is 5.65. The molecular formula is C7H10N2O2. The number of nitriles is 1. The molecule has 0 aromatic heterocycles. The lowest BCUT2D eigenvalue weighted by Crippen LogP contribution is -2.32. The number of nitrogens with zero attached hydrogens (tertiary/aromatic N) is 2. The Morgan fingerprint density at radius 2 is 2.45 bits per heavy atom. The van der Waals surface area contributed by atoms with Crippen molar-refractivity contribution in [2.45, 2.75) is 19.4 Å². The molecule has 0 aliphatic carbocycles. The maximum Gasteiger partial charge on any atom is 0.407 e. The van der Waals surface area contributed by atoms with Crippen LogP contribution in [-0.2, 0) is 0 Å². The number of amides is 1. The summed E-state index contributed by atoms with van der Waals surface area (Å²) in [5, 5.41) is 17.1. The molecule has 1 N–H and O–H groups in total. The Bertz CT molecular complexity index is 209. The summed E-state index contributed by atoms with van der Waals surface area (Å²) in [6.45, 7) is 2.19. The summed E-state index contributed by atoms with van der Waals surface area (Å²) in [7, 11) is 0. The van der Waals surface area contributed by atoms with Gasteiger partial charge in [-0.15, -0.1) is 0 Å². The molecule has 0 bridgehead atoms. The lowest BCUT2D eigenvalue weighted by molar-refractivity contribution is 0.143. The zero-order chi connectivity index (χ0) is 8.43. The van der Waals surface area contributed by atoms with Gasteiger partial charge in [-0.2, -0.15) is 5.26 Å². The Labute approximate surface area is 65.0 Å². The fourth-order valence-corrected chi connectivity index (χ4v) is 1.39. The van der Waals surface area contributed by atoms with E-state index in [2.05, 4.69) is 6.07 Å². The molecule has 1 amide bonds. The van der Waals surface area contributed by atoms with Crippen LogP contribution in [0.25, 0.3) is 0 Å². The molecule has 1 aliphatic rings. The minimum Gasteiger partial charge on any atom is -0.465 e. The molecule has 0 spiro atoms. The topological polar surface area (TPSA) is 64.3 Å². The van der Waals surface area contributed by atoms with E-state index in [0.29, 0.717) is 13.0 Å². The lowest BCUT2D eigenvalue weighted by Gasteiger charge is -2.15. The number of hydrogen-bond donors (Lipinski definition) is 1. The zero-order valence-corrected chi connectivity index (χ0v) is 6.32. The Kier molecular flexibility index (Phi) is 1.99. The summed E-state index contributed by atoms with van der Waals surface area (Å²) in [4.78, 5) is 11.8. The summed E-state index contributed by atoms with van der Waals surface area (Å²) in [6.07, 6.45) is -0.252. The Morgan fingerprint density at radius 1 is 1.82 bits per heavy atom. The summed E-state index contributed by atoms with van der Waals surface area (Å²) < 4.78 is 0. The van der Waals surface area contributed by atoms with E-state index in [1.807, 2.05) is 6.92 Å². The van der Waals surface area contributed by atoms with Gasteiger partial charge in [0, 0.05) is 12.6 Å². The first-order valence-corrected chi connectivity index (χ1v) is 3.54. The third-order valence-electron chi connectivity index (χ3n) is 2.00. The SMILES string of the molecule is C[C@@H]1CC(C#N)CN1C(=O)O. The van der Waals surface area contributed by atoms with Crippen molar-refractivity contribution in [2.75, 3.05) is 6.54 Å². The molecule has 4 heteroatoms. The number of carbonyl (C=O) groups is 1. The van der Waals surface area contributed by atoms with Crippen LogP contribution in [0.1, 0.15) is 13.3 Å². The van der Waals surface area contributed by atoms with Crippen LogP contribution in [0.5, 0.6) is 0 Å². The summed E-state index contributed by atoms with van der Waals surface area (Å²) in [6, 6.07) is 2.07. The van der Waals surface area contributed by atoms with Gasteiger partial charge in [-0.25, -0.2) is 4.79 Å². The monoisotopic (exact) mass is 154 g/mol. The zero-order valence-electron chi connectivity index (χ0n) is 6.32. The van der Waals surface area contributed by atoms with Crippen LogP contribution in [0.3, 0.4) is 0 Å². The third kappa shape index (κ3) is 1.43. The Morgan fingerprint density at radius 3 is 2.73 bits per heavy atom.